The number of hydrogen-bond acceptors (Lipinski definition) is 3. The normalized spacial score (nSPS) is 35.7. The summed E-state index contributed by atoms with van der Waals surface area (Å²) in [7, 11) is 0. The zero-order valence-corrected chi connectivity index (χ0v) is 10.6. The molecule has 0 spiro atoms. The van der Waals surface area contributed by atoms with Gasteiger partial charge in [0.05, 0.1) is 6.61 Å². The third kappa shape index (κ3) is 3.19. The maximum absolute atomic E-state index is 11.0. The summed E-state index contributed by atoms with van der Waals surface area (Å²) in [5.74, 6) is 0.0115. The summed E-state index contributed by atoms with van der Waals surface area (Å²) >= 11 is 0. The molecule has 1 saturated carbocycles. The molecule has 1 saturated heterocycles. The van der Waals surface area contributed by atoms with E-state index in [1.807, 2.05) is 0 Å². The van der Waals surface area contributed by atoms with Gasteiger partial charge in [-0.25, -0.2) is 4.79 Å². The van der Waals surface area contributed by atoms with Crippen LogP contribution in [0.1, 0.15) is 39.0 Å². The zero-order chi connectivity index (χ0) is 12.3. The Labute approximate surface area is 103 Å². The van der Waals surface area contributed by atoms with Crippen molar-refractivity contribution < 1.29 is 14.6 Å². The summed E-state index contributed by atoms with van der Waals surface area (Å²) < 4.78 is 5.27. The van der Waals surface area contributed by atoms with Crippen LogP contribution in [0.2, 0.25) is 0 Å². The van der Waals surface area contributed by atoms with Gasteiger partial charge >= 0.3 is 5.97 Å². The van der Waals surface area contributed by atoms with Gasteiger partial charge in [-0.1, -0.05) is 26.2 Å². The molecular weight excluding hydrogens is 218 g/mol. The van der Waals surface area contributed by atoms with Crippen LogP contribution in [0.5, 0.6) is 0 Å². The van der Waals surface area contributed by atoms with E-state index in [9.17, 15) is 4.79 Å². The zero-order valence-electron chi connectivity index (χ0n) is 10.6. The Morgan fingerprint density at radius 3 is 3.00 bits per heavy atom. The Kier molecular flexibility index (Phi) is 4.40. The van der Waals surface area contributed by atoms with Gasteiger partial charge in [-0.05, 0) is 18.8 Å². The summed E-state index contributed by atoms with van der Waals surface area (Å²) in [5.41, 5.74) is 0. The molecule has 3 atom stereocenters. The van der Waals surface area contributed by atoms with E-state index in [0.717, 1.165) is 12.5 Å². The lowest BCUT2D eigenvalue weighted by Gasteiger charge is -2.40. The summed E-state index contributed by atoms with van der Waals surface area (Å²) in [6, 6.07) is 0.583. The number of ether oxygens (including phenoxy) is 1. The largest absolute Gasteiger partial charge is 0.479 e. The maximum atomic E-state index is 11.0. The summed E-state index contributed by atoms with van der Waals surface area (Å²) in [6.07, 6.45) is 5.73. The number of rotatable bonds is 3. The van der Waals surface area contributed by atoms with E-state index in [1.165, 1.54) is 32.1 Å². The van der Waals surface area contributed by atoms with Crippen LogP contribution in [0.3, 0.4) is 0 Å². The molecular formula is C13H23NO3. The van der Waals surface area contributed by atoms with Crippen molar-refractivity contribution >= 4 is 5.97 Å². The lowest BCUT2D eigenvalue weighted by molar-refractivity contribution is -0.157. The first-order chi connectivity index (χ1) is 8.20. The number of carboxylic acids is 1. The first kappa shape index (κ1) is 12.8. The molecule has 0 aromatic carbocycles. The molecule has 0 bridgehead atoms. The van der Waals surface area contributed by atoms with Gasteiger partial charge < -0.3 is 9.84 Å². The highest BCUT2D eigenvalue weighted by Crippen LogP contribution is 2.30. The average molecular weight is 241 g/mol. The smallest absolute Gasteiger partial charge is 0.334 e. The van der Waals surface area contributed by atoms with Crippen molar-refractivity contribution in [3.8, 4) is 0 Å². The van der Waals surface area contributed by atoms with Gasteiger partial charge in [0.25, 0.3) is 0 Å². The Bertz CT molecular complexity index is 269. The van der Waals surface area contributed by atoms with Crippen LogP contribution in [0.4, 0.5) is 0 Å². The van der Waals surface area contributed by atoms with Crippen LogP contribution in [-0.2, 0) is 9.53 Å². The first-order valence-electron chi connectivity index (χ1n) is 6.79. The number of carboxylic acid groups (broad SMARTS) is 1. The fourth-order valence-electron chi connectivity index (χ4n) is 3.12. The molecule has 2 rings (SSSR count). The minimum Gasteiger partial charge on any atom is -0.479 e. The minimum absolute atomic E-state index is 0.560. The van der Waals surface area contributed by atoms with Crippen LogP contribution >= 0.6 is 0 Å². The molecule has 1 N–H and O–H groups in total. The van der Waals surface area contributed by atoms with Crippen LogP contribution < -0.4 is 0 Å². The molecule has 0 aromatic rings. The second kappa shape index (κ2) is 5.83. The van der Waals surface area contributed by atoms with Crippen molar-refractivity contribution in [3.63, 3.8) is 0 Å². The third-order valence-electron chi connectivity index (χ3n) is 4.22. The van der Waals surface area contributed by atoms with E-state index < -0.39 is 12.1 Å². The minimum atomic E-state index is -0.822. The molecule has 4 nitrogen and oxygen atoms in total. The molecule has 1 aliphatic carbocycles. The standard InChI is InChI=1S/C13H23NO3/c1-2-10-4-3-5-11(8-10)14-6-7-17-12(9-14)13(15)16/h10-12H,2-9H2,1H3,(H,15,16). The molecule has 0 radical (unpaired) electrons. The van der Waals surface area contributed by atoms with E-state index in [4.69, 9.17) is 9.84 Å². The van der Waals surface area contributed by atoms with Crippen molar-refractivity contribution in [2.75, 3.05) is 19.7 Å². The molecule has 0 aromatic heterocycles. The summed E-state index contributed by atoms with van der Waals surface area (Å²) in [6.45, 7) is 4.28. The van der Waals surface area contributed by atoms with Gasteiger partial charge in [-0.2, -0.15) is 0 Å². The van der Waals surface area contributed by atoms with Gasteiger partial charge in [0.1, 0.15) is 0 Å². The Balaban J connectivity index is 1.90. The molecule has 1 aliphatic heterocycles. The lowest BCUT2D eigenvalue weighted by Crippen LogP contribution is -2.51. The van der Waals surface area contributed by atoms with E-state index in [2.05, 4.69) is 11.8 Å². The monoisotopic (exact) mass is 241 g/mol. The molecule has 17 heavy (non-hydrogen) atoms. The molecule has 1 heterocycles. The molecule has 4 heteroatoms. The van der Waals surface area contributed by atoms with Gasteiger partial charge in [-0.15, -0.1) is 0 Å². The lowest BCUT2D eigenvalue weighted by atomic mass is 9.83. The number of carbonyl (C=O) groups is 1. The van der Waals surface area contributed by atoms with Gasteiger partial charge in [0.15, 0.2) is 6.10 Å². The highest BCUT2D eigenvalue weighted by Gasteiger charge is 2.32. The molecule has 2 aliphatic rings. The topological polar surface area (TPSA) is 49.8 Å². The number of aliphatic carboxylic acids is 1. The number of hydrogen-bond donors (Lipinski definition) is 1. The Hall–Kier alpha value is -0.610. The van der Waals surface area contributed by atoms with Crippen molar-refractivity contribution in [3.05, 3.63) is 0 Å². The van der Waals surface area contributed by atoms with Crippen LogP contribution in [0.25, 0.3) is 0 Å². The molecule has 98 valence electrons. The Morgan fingerprint density at radius 1 is 1.47 bits per heavy atom. The van der Waals surface area contributed by atoms with E-state index >= 15 is 0 Å². The molecule has 3 unspecified atom stereocenters. The van der Waals surface area contributed by atoms with Gasteiger partial charge in [0.2, 0.25) is 0 Å². The van der Waals surface area contributed by atoms with Crippen molar-refractivity contribution in [1.29, 1.82) is 0 Å². The SMILES string of the molecule is CCC1CCCC(N2CCOC(C(=O)O)C2)C1. The first-order valence-corrected chi connectivity index (χ1v) is 6.79. The summed E-state index contributed by atoms with van der Waals surface area (Å²) in [4.78, 5) is 13.3. The fourth-order valence-corrected chi connectivity index (χ4v) is 3.12. The predicted octanol–water partition coefficient (Wildman–Crippen LogP) is 1.74. The van der Waals surface area contributed by atoms with E-state index in [-0.39, 0.29) is 0 Å². The highest BCUT2D eigenvalue weighted by molar-refractivity contribution is 5.72. The Morgan fingerprint density at radius 2 is 2.29 bits per heavy atom. The maximum Gasteiger partial charge on any atom is 0.334 e. The van der Waals surface area contributed by atoms with Crippen LogP contribution in [0.15, 0.2) is 0 Å². The second-order valence-corrected chi connectivity index (χ2v) is 5.29. The van der Waals surface area contributed by atoms with Gasteiger partial charge in [-0.3, -0.25) is 4.90 Å². The predicted molar refractivity (Wildman–Crippen MR) is 65.0 cm³/mol. The average Bonchev–Trinajstić information content (AvgIpc) is 2.39. The fraction of sp³-hybridized carbons (Fsp3) is 0.923. The quantitative estimate of drug-likeness (QED) is 0.817. The van der Waals surface area contributed by atoms with E-state index in [1.54, 1.807) is 0 Å². The number of morpholine rings is 1. The van der Waals surface area contributed by atoms with Crippen molar-refractivity contribution in [1.82, 2.24) is 4.90 Å². The van der Waals surface area contributed by atoms with E-state index in [0.29, 0.717) is 19.2 Å². The van der Waals surface area contributed by atoms with Gasteiger partial charge in [0, 0.05) is 19.1 Å². The highest BCUT2D eigenvalue weighted by atomic mass is 16.5. The van der Waals surface area contributed by atoms with Crippen LogP contribution in [0, 0.1) is 5.92 Å². The van der Waals surface area contributed by atoms with Crippen molar-refractivity contribution in [2.24, 2.45) is 5.92 Å². The van der Waals surface area contributed by atoms with Crippen LogP contribution in [-0.4, -0.2) is 47.8 Å². The summed E-state index contributed by atoms with van der Waals surface area (Å²) in [5, 5.41) is 9.00. The third-order valence-corrected chi connectivity index (χ3v) is 4.22. The second-order valence-electron chi connectivity index (χ2n) is 5.29. The molecule has 0 amide bonds. The number of nitrogens with zero attached hydrogens (tertiary/aromatic N) is 1. The van der Waals surface area contributed by atoms with Crippen molar-refractivity contribution in [2.45, 2.75) is 51.2 Å². The molecule has 2 fully saturated rings.